The van der Waals surface area contributed by atoms with E-state index in [0.29, 0.717) is 6.54 Å². The summed E-state index contributed by atoms with van der Waals surface area (Å²) in [6, 6.07) is -0.128. The van der Waals surface area contributed by atoms with Crippen LogP contribution in [0.4, 0.5) is 4.79 Å². The highest BCUT2D eigenvalue weighted by Gasteiger charge is 2.16. The van der Waals surface area contributed by atoms with Crippen molar-refractivity contribution >= 4 is 17.4 Å². The molecule has 108 valence electrons. The molecule has 3 N–H and O–H groups in total. The zero-order valence-corrected chi connectivity index (χ0v) is 12.4. The zero-order valence-electron chi connectivity index (χ0n) is 11.6. The van der Waals surface area contributed by atoms with Gasteiger partial charge in [0.25, 0.3) is 0 Å². The highest BCUT2D eigenvalue weighted by molar-refractivity contribution is 7.11. The first-order valence-corrected chi connectivity index (χ1v) is 7.56. The maximum absolute atomic E-state index is 11.6. The van der Waals surface area contributed by atoms with Gasteiger partial charge in [-0.1, -0.05) is 12.8 Å². The molecule has 0 bridgehead atoms. The van der Waals surface area contributed by atoms with Gasteiger partial charge in [0, 0.05) is 24.2 Å². The molecular formula is C13H23N3O2S. The molecule has 0 fully saturated rings. The van der Waals surface area contributed by atoms with Crippen molar-refractivity contribution in [3.8, 4) is 0 Å². The Morgan fingerprint density at radius 2 is 2.26 bits per heavy atom. The molecule has 0 aliphatic rings. The number of unbranched alkanes of at least 4 members (excludes halogenated alkanes) is 2. The molecular weight excluding hydrogens is 262 g/mol. The second-order valence-corrected chi connectivity index (χ2v) is 5.68. The first kappa shape index (κ1) is 15.9. The molecule has 2 amide bonds. The second-order valence-electron chi connectivity index (χ2n) is 4.41. The van der Waals surface area contributed by atoms with Crippen LogP contribution >= 0.6 is 11.3 Å². The summed E-state index contributed by atoms with van der Waals surface area (Å²) in [5.41, 5.74) is 0. The number of aliphatic hydroxyl groups excluding tert-OH is 1. The Bertz CT molecular complexity index is 382. The molecule has 1 atom stereocenters. The number of carbonyl (C=O) groups excluding carboxylic acids is 1. The fourth-order valence-corrected chi connectivity index (χ4v) is 2.70. The van der Waals surface area contributed by atoms with E-state index in [1.54, 1.807) is 11.3 Å². The summed E-state index contributed by atoms with van der Waals surface area (Å²) >= 11 is 1.62. The van der Waals surface area contributed by atoms with Crippen LogP contribution in [0.1, 0.15) is 48.5 Å². The van der Waals surface area contributed by atoms with Crippen LogP contribution in [0.25, 0.3) is 0 Å². The Morgan fingerprint density at radius 1 is 1.47 bits per heavy atom. The Balaban J connectivity index is 2.54. The molecule has 0 saturated carbocycles. The minimum atomic E-state index is -0.138. The molecule has 0 aromatic carbocycles. The van der Waals surface area contributed by atoms with E-state index in [-0.39, 0.29) is 18.7 Å². The van der Waals surface area contributed by atoms with Crippen molar-refractivity contribution < 1.29 is 9.90 Å². The lowest BCUT2D eigenvalue weighted by molar-refractivity contribution is 0.236. The zero-order chi connectivity index (χ0) is 14.1. The molecule has 1 aromatic heterocycles. The first-order chi connectivity index (χ1) is 9.17. The Hall–Kier alpha value is -1.14. The average molecular weight is 285 g/mol. The maximum Gasteiger partial charge on any atom is 0.315 e. The summed E-state index contributed by atoms with van der Waals surface area (Å²) in [4.78, 5) is 17.0. The number of nitrogens with one attached hydrogen (secondary N) is 2. The fourth-order valence-electron chi connectivity index (χ4n) is 1.83. The Morgan fingerprint density at radius 3 is 2.84 bits per heavy atom. The monoisotopic (exact) mass is 285 g/mol. The van der Waals surface area contributed by atoms with Gasteiger partial charge >= 0.3 is 6.03 Å². The fraction of sp³-hybridized carbons (Fsp3) is 0.692. The number of rotatable bonds is 8. The molecule has 0 aliphatic heterocycles. The number of aryl methyl sites for hydroxylation is 1. The van der Waals surface area contributed by atoms with Crippen molar-refractivity contribution in [1.82, 2.24) is 15.6 Å². The van der Waals surface area contributed by atoms with E-state index < -0.39 is 0 Å². The molecule has 5 nitrogen and oxygen atoms in total. The van der Waals surface area contributed by atoms with Crippen molar-refractivity contribution in [2.75, 3.05) is 13.2 Å². The minimum absolute atomic E-state index is 0.0106. The van der Waals surface area contributed by atoms with Crippen molar-refractivity contribution in [1.29, 1.82) is 0 Å². The molecule has 6 heteroatoms. The van der Waals surface area contributed by atoms with Gasteiger partial charge in [0.05, 0.1) is 11.0 Å². The van der Waals surface area contributed by atoms with Gasteiger partial charge in [-0.15, -0.1) is 11.3 Å². The van der Waals surface area contributed by atoms with Gasteiger partial charge in [-0.2, -0.15) is 0 Å². The molecule has 19 heavy (non-hydrogen) atoms. The number of urea groups is 1. The third-order valence-electron chi connectivity index (χ3n) is 2.78. The molecule has 1 unspecified atom stereocenters. The van der Waals surface area contributed by atoms with E-state index in [9.17, 15) is 4.79 Å². The van der Waals surface area contributed by atoms with Crippen LogP contribution in [0.3, 0.4) is 0 Å². The number of nitrogens with zero attached hydrogens (tertiary/aromatic N) is 1. The van der Waals surface area contributed by atoms with Gasteiger partial charge in [-0.05, 0) is 26.7 Å². The number of amides is 2. The number of carbonyl (C=O) groups is 1. The highest BCUT2D eigenvalue weighted by Crippen LogP contribution is 2.25. The van der Waals surface area contributed by atoms with Crippen LogP contribution < -0.4 is 10.6 Å². The van der Waals surface area contributed by atoms with Gasteiger partial charge in [-0.25, -0.2) is 9.78 Å². The Kier molecular flexibility index (Phi) is 7.43. The largest absolute Gasteiger partial charge is 0.396 e. The summed E-state index contributed by atoms with van der Waals surface area (Å²) in [6.45, 7) is 4.70. The van der Waals surface area contributed by atoms with Gasteiger partial charge in [0.15, 0.2) is 0 Å². The Labute approximate surface area is 118 Å². The molecule has 0 spiro atoms. The van der Waals surface area contributed by atoms with E-state index in [1.165, 1.54) is 0 Å². The minimum Gasteiger partial charge on any atom is -0.396 e. The number of thiazole rings is 1. The molecule has 0 saturated heterocycles. The van der Waals surface area contributed by atoms with Crippen LogP contribution in [0.15, 0.2) is 6.20 Å². The lowest BCUT2D eigenvalue weighted by atomic mass is 10.1. The number of hydrogen-bond donors (Lipinski definition) is 3. The van der Waals surface area contributed by atoms with Crippen LogP contribution in [0.5, 0.6) is 0 Å². The van der Waals surface area contributed by atoms with E-state index in [1.807, 2.05) is 20.0 Å². The van der Waals surface area contributed by atoms with Gasteiger partial charge in [0.2, 0.25) is 0 Å². The molecule has 0 radical (unpaired) electrons. The predicted octanol–water partition coefficient (Wildman–Crippen LogP) is 2.36. The van der Waals surface area contributed by atoms with Crippen molar-refractivity contribution in [3.05, 3.63) is 16.1 Å². The van der Waals surface area contributed by atoms with Crippen LogP contribution in [-0.4, -0.2) is 29.3 Å². The highest BCUT2D eigenvalue weighted by atomic mass is 32.1. The standard InChI is InChI=1S/C13H23N3O2S/c1-3-14-13(18)16-11(7-5-4-6-8-17)12-9-15-10(2)19-12/h9,11,17H,3-8H2,1-2H3,(H2,14,16,18). The summed E-state index contributed by atoms with van der Waals surface area (Å²) in [7, 11) is 0. The lowest BCUT2D eigenvalue weighted by Gasteiger charge is -2.17. The van der Waals surface area contributed by atoms with Crippen LogP contribution in [0, 0.1) is 6.92 Å². The third kappa shape index (κ3) is 6.02. The molecule has 1 aromatic rings. The van der Waals surface area contributed by atoms with Gasteiger partial charge in [-0.3, -0.25) is 0 Å². The van der Waals surface area contributed by atoms with E-state index >= 15 is 0 Å². The van der Waals surface area contributed by atoms with Crippen molar-refractivity contribution in [2.45, 2.75) is 45.6 Å². The number of hydrogen-bond acceptors (Lipinski definition) is 4. The maximum atomic E-state index is 11.6. The van der Waals surface area contributed by atoms with E-state index in [2.05, 4.69) is 15.6 Å². The van der Waals surface area contributed by atoms with Crippen molar-refractivity contribution in [2.24, 2.45) is 0 Å². The number of aromatic nitrogens is 1. The second kappa shape index (κ2) is 8.87. The number of aliphatic hydroxyl groups is 1. The molecule has 1 heterocycles. The SMILES string of the molecule is CCNC(=O)NC(CCCCCO)c1cnc(C)s1. The quantitative estimate of drug-likeness (QED) is 0.642. The van der Waals surface area contributed by atoms with Crippen molar-refractivity contribution in [3.63, 3.8) is 0 Å². The van der Waals surface area contributed by atoms with E-state index in [0.717, 1.165) is 35.6 Å². The molecule has 1 rings (SSSR count). The summed E-state index contributed by atoms with van der Waals surface area (Å²) in [6.07, 6.45) is 5.48. The summed E-state index contributed by atoms with van der Waals surface area (Å²) in [5.74, 6) is 0. The normalized spacial score (nSPS) is 12.2. The summed E-state index contributed by atoms with van der Waals surface area (Å²) in [5, 5.41) is 15.5. The lowest BCUT2D eigenvalue weighted by Crippen LogP contribution is -2.37. The molecule has 0 aliphatic carbocycles. The average Bonchev–Trinajstić information content (AvgIpc) is 2.80. The van der Waals surface area contributed by atoms with E-state index in [4.69, 9.17) is 5.11 Å². The van der Waals surface area contributed by atoms with Crippen LogP contribution in [-0.2, 0) is 0 Å². The smallest absolute Gasteiger partial charge is 0.315 e. The van der Waals surface area contributed by atoms with Gasteiger partial charge in [0.1, 0.15) is 0 Å². The first-order valence-electron chi connectivity index (χ1n) is 6.75. The predicted molar refractivity (Wildman–Crippen MR) is 77.4 cm³/mol. The van der Waals surface area contributed by atoms with Gasteiger partial charge < -0.3 is 15.7 Å². The third-order valence-corrected chi connectivity index (χ3v) is 3.80. The van der Waals surface area contributed by atoms with Crippen LogP contribution in [0.2, 0.25) is 0 Å². The topological polar surface area (TPSA) is 74.2 Å². The summed E-state index contributed by atoms with van der Waals surface area (Å²) < 4.78 is 0.